The smallest absolute Gasteiger partial charge is 0.213 e. The van der Waals surface area contributed by atoms with Crippen molar-refractivity contribution in [1.29, 1.82) is 0 Å². The average molecular weight is 413 g/mol. The topological polar surface area (TPSA) is 34.1 Å². The Bertz CT molecular complexity index is 1110. The summed E-state index contributed by atoms with van der Waals surface area (Å²) >= 11 is 0. The van der Waals surface area contributed by atoms with Crippen LogP contribution in [-0.2, 0) is 5.41 Å². The quantitative estimate of drug-likeness (QED) is 0.511. The number of para-hydroxylation sites is 1. The molecule has 0 aromatic heterocycles. The lowest BCUT2D eigenvalue weighted by Crippen LogP contribution is -2.33. The minimum absolute atomic E-state index is 0.119. The molecule has 2 heterocycles. The van der Waals surface area contributed by atoms with Crippen LogP contribution in [-0.4, -0.2) is 17.8 Å². The maximum atomic E-state index is 6.48. The molecule has 5 rings (SSSR count). The van der Waals surface area contributed by atoms with Crippen LogP contribution in [0, 0.1) is 0 Å². The fourth-order valence-electron chi connectivity index (χ4n) is 4.36. The van der Waals surface area contributed by atoms with E-state index in [1.807, 2.05) is 18.2 Å². The number of hydrogen-bond acceptors (Lipinski definition) is 4. The summed E-state index contributed by atoms with van der Waals surface area (Å²) in [6, 6.07) is 25.4. The summed E-state index contributed by atoms with van der Waals surface area (Å²) in [6.45, 7) is 6.70. The summed E-state index contributed by atoms with van der Waals surface area (Å²) < 4.78 is 11.8. The van der Waals surface area contributed by atoms with Crippen LogP contribution in [0.4, 0.5) is 0 Å². The monoisotopic (exact) mass is 412 g/mol. The van der Waals surface area contributed by atoms with E-state index in [1.165, 1.54) is 11.1 Å². The molecule has 0 saturated carbocycles. The molecule has 0 radical (unpaired) electrons. The minimum Gasteiger partial charge on any atom is -0.497 e. The van der Waals surface area contributed by atoms with E-state index in [4.69, 9.17) is 14.6 Å². The number of ether oxygens (including phenoxy) is 2. The van der Waals surface area contributed by atoms with Crippen LogP contribution < -0.4 is 9.47 Å². The van der Waals surface area contributed by atoms with Crippen molar-refractivity contribution in [2.24, 2.45) is 5.10 Å². The van der Waals surface area contributed by atoms with E-state index in [0.29, 0.717) is 0 Å². The van der Waals surface area contributed by atoms with Crippen molar-refractivity contribution in [2.75, 3.05) is 7.11 Å². The van der Waals surface area contributed by atoms with Gasteiger partial charge in [-0.05, 0) is 46.9 Å². The van der Waals surface area contributed by atoms with Gasteiger partial charge in [-0.3, -0.25) is 0 Å². The van der Waals surface area contributed by atoms with Gasteiger partial charge in [-0.25, -0.2) is 5.01 Å². The molecule has 0 saturated heterocycles. The third-order valence-electron chi connectivity index (χ3n) is 6.18. The zero-order valence-corrected chi connectivity index (χ0v) is 18.5. The van der Waals surface area contributed by atoms with Gasteiger partial charge in [-0.2, -0.15) is 5.10 Å². The Balaban J connectivity index is 1.53. The first kappa shape index (κ1) is 19.7. The second-order valence-electron chi connectivity index (χ2n) is 9.26. The Kier molecular flexibility index (Phi) is 4.73. The summed E-state index contributed by atoms with van der Waals surface area (Å²) in [6.07, 6.45) is 0.605. The molecule has 0 aliphatic carbocycles. The summed E-state index contributed by atoms with van der Waals surface area (Å²) in [4.78, 5) is 0. The first-order valence-corrected chi connectivity index (χ1v) is 10.8. The Morgan fingerprint density at radius 1 is 0.935 bits per heavy atom. The predicted octanol–water partition coefficient (Wildman–Crippen LogP) is 6.24. The van der Waals surface area contributed by atoms with Crippen molar-refractivity contribution in [3.63, 3.8) is 0 Å². The number of hydrogen-bond donors (Lipinski definition) is 0. The highest BCUT2D eigenvalue weighted by molar-refractivity contribution is 6.02. The lowest BCUT2D eigenvalue weighted by Gasteiger charge is -2.38. The van der Waals surface area contributed by atoms with Crippen LogP contribution in [0.15, 0.2) is 77.9 Å². The van der Waals surface area contributed by atoms with Gasteiger partial charge < -0.3 is 9.47 Å². The van der Waals surface area contributed by atoms with Crippen LogP contribution in [0.2, 0.25) is 0 Å². The van der Waals surface area contributed by atoms with E-state index >= 15 is 0 Å². The highest BCUT2D eigenvalue weighted by Crippen LogP contribution is 2.47. The first-order valence-electron chi connectivity index (χ1n) is 10.8. The predicted molar refractivity (Wildman–Crippen MR) is 124 cm³/mol. The van der Waals surface area contributed by atoms with Crippen LogP contribution in [0.25, 0.3) is 0 Å². The molecule has 158 valence electrons. The van der Waals surface area contributed by atoms with Crippen LogP contribution >= 0.6 is 0 Å². The van der Waals surface area contributed by atoms with E-state index < -0.39 is 0 Å². The number of rotatable bonds is 3. The van der Waals surface area contributed by atoms with Crippen LogP contribution in [0.1, 0.15) is 61.7 Å². The summed E-state index contributed by atoms with van der Waals surface area (Å²) in [7, 11) is 1.69. The molecule has 0 N–H and O–H groups in total. The largest absolute Gasteiger partial charge is 0.497 e. The Morgan fingerprint density at radius 2 is 1.65 bits per heavy atom. The van der Waals surface area contributed by atoms with E-state index in [9.17, 15) is 0 Å². The van der Waals surface area contributed by atoms with Gasteiger partial charge in [0.15, 0.2) is 0 Å². The fraction of sp³-hybridized carbons (Fsp3) is 0.296. The highest BCUT2D eigenvalue weighted by Gasteiger charge is 2.40. The molecule has 4 nitrogen and oxygen atoms in total. The van der Waals surface area contributed by atoms with Gasteiger partial charge in [0.1, 0.15) is 11.5 Å². The van der Waals surface area contributed by atoms with Gasteiger partial charge in [0.05, 0.1) is 18.9 Å². The van der Waals surface area contributed by atoms with Gasteiger partial charge >= 0.3 is 0 Å². The average Bonchev–Trinajstić information content (AvgIpc) is 3.24. The van der Waals surface area contributed by atoms with E-state index in [0.717, 1.165) is 34.8 Å². The summed E-state index contributed by atoms with van der Waals surface area (Å²) in [5.74, 6) is 1.80. The molecule has 2 aliphatic rings. The van der Waals surface area contributed by atoms with E-state index in [2.05, 4.69) is 80.4 Å². The number of methoxy groups -OCH3 is 1. The van der Waals surface area contributed by atoms with Crippen molar-refractivity contribution < 1.29 is 9.47 Å². The van der Waals surface area contributed by atoms with Gasteiger partial charge in [0, 0.05) is 17.5 Å². The molecular formula is C27H28N2O2. The molecular weight excluding hydrogens is 384 g/mol. The molecule has 31 heavy (non-hydrogen) atoms. The first-order chi connectivity index (χ1) is 14.9. The van der Waals surface area contributed by atoms with Crippen molar-refractivity contribution in [3.8, 4) is 11.5 Å². The fourth-order valence-corrected chi connectivity index (χ4v) is 4.36. The zero-order valence-electron chi connectivity index (χ0n) is 18.5. The summed E-state index contributed by atoms with van der Waals surface area (Å²) in [5, 5.41) is 7.18. The molecule has 0 amide bonds. The lowest BCUT2D eigenvalue weighted by atomic mass is 9.86. The molecule has 0 unspecified atom stereocenters. The maximum absolute atomic E-state index is 6.48. The lowest BCUT2D eigenvalue weighted by molar-refractivity contribution is -0.0190. The number of benzene rings is 3. The Hall–Kier alpha value is -3.27. The molecule has 3 aromatic carbocycles. The molecule has 0 fully saturated rings. The second-order valence-corrected chi connectivity index (χ2v) is 9.26. The van der Waals surface area contributed by atoms with E-state index in [1.54, 1.807) is 7.11 Å². The van der Waals surface area contributed by atoms with Crippen LogP contribution in [0.5, 0.6) is 11.5 Å². The van der Waals surface area contributed by atoms with Gasteiger partial charge in [0.2, 0.25) is 6.23 Å². The van der Waals surface area contributed by atoms with Crippen molar-refractivity contribution in [3.05, 3.63) is 95.1 Å². The number of fused-ring (bicyclic) bond motifs is 3. The normalized spacial score (nSPS) is 19.9. The molecule has 0 bridgehead atoms. The van der Waals surface area contributed by atoms with Crippen molar-refractivity contribution >= 4 is 5.71 Å². The third-order valence-corrected chi connectivity index (χ3v) is 6.18. The minimum atomic E-state index is -0.246. The Morgan fingerprint density at radius 3 is 2.32 bits per heavy atom. The van der Waals surface area contributed by atoms with Gasteiger partial charge in [0.25, 0.3) is 0 Å². The van der Waals surface area contributed by atoms with Gasteiger partial charge in [-0.15, -0.1) is 0 Å². The van der Waals surface area contributed by atoms with E-state index in [-0.39, 0.29) is 17.7 Å². The second kappa shape index (κ2) is 7.45. The highest BCUT2D eigenvalue weighted by atomic mass is 16.5. The molecule has 3 aromatic rings. The summed E-state index contributed by atoms with van der Waals surface area (Å²) in [5.41, 5.74) is 5.94. The molecule has 2 atom stereocenters. The number of hydrazone groups is 1. The van der Waals surface area contributed by atoms with Crippen LogP contribution in [0.3, 0.4) is 0 Å². The molecule has 4 heteroatoms. The maximum Gasteiger partial charge on any atom is 0.213 e. The third kappa shape index (κ3) is 3.56. The van der Waals surface area contributed by atoms with Crippen molar-refractivity contribution in [1.82, 2.24) is 5.01 Å². The zero-order chi connectivity index (χ0) is 21.6. The number of nitrogens with zero attached hydrogens (tertiary/aromatic N) is 2. The SMILES string of the molecule is COc1ccc(C2=NN3[C@@H](C2)c2ccccc2O[C@H]3c2ccc(C(C)(C)C)cc2)cc1. The standard InChI is InChI=1S/C27H28N2O2/c1-27(2,3)20-13-9-19(10-14-20)26-29-24(22-7-5-6-8-25(22)31-26)17-23(28-29)18-11-15-21(30-4)16-12-18/h5-16,24,26H,17H2,1-4H3/t24-,26-/m0/s1. The molecule has 0 spiro atoms. The van der Waals surface area contributed by atoms with Crippen molar-refractivity contribution in [2.45, 2.75) is 44.9 Å². The Labute approximate surface area is 184 Å². The molecule has 2 aliphatic heterocycles. The van der Waals surface area contributed by atoms with Gasteiger partial charge in [-0.1, -0.05) is 63.2 Å².